The van der Waals surface area contributed by atoms with Gasteiger partial charge in [0.1, 0.15) is 0 Å². The monoisotopic (exact) mass is 248 g/mol. The fraction of sp³-hybridized carbons (Fsp3) is 0.385. The second kappa shape index (κ2) is 4.40. The van der Waals surface area contributed by atoms with Crippen LogP contribution in [0, 0.1) is 12.7 Å². The van der Waals surface area contributed by atoms with Crippen molar-refractivity contribution in [3.05, 3.63) is 41.3 Å². The minimum atomic E-state index is -0.348. The van der Waals surface area contributed by atoms with E-state index in [9.17, 15) is 4.39 Å². The summed E-state index contributed by atoms with van der Waals surface area (Å²) in [6.45, 7) is 1.79. The summed E-state index contributed by atoms with van der Waals surface area (Å²) >= 11 is 0. The van der Waals surface area contributed by atoms with E-state index in [4.69, 9.17) is 9.26 Å². The summed E-state index contributed by atoms with van der Waals surface area (Å²) in [6, 6.07) is 5.03. The Bertz CT molecular complexity index is 564. The van der Waals surface area contributed by atoms with E-state index in [1.165, 1.54) is 0 Å². The summed E-state index contributed by atoms with van der Waals surface area (Å²) < 4.78 is 24.1. The highest BCUT2D eigenvalue weighted by Gasteiger charge is 2.28. The van der Waals surface area contributed by atoms with Crippen molar-refractivity contribution in [3.8, 4) is 5.75 Å². The smallest absolute Gasteiger partial charge is 0.264 e. The van der Waals surface area contributed by atoms with E-state index < -0.39 is 0 Å². The molecule has 4 nitrogen and oxygen atoms in total. The molecule has 1 aromatic carbocycles. The van der Waals surface area contributed by atoms with E-state index >= 15 is 0 Å². The largest absolute Gasteiger partial charge is 0.481 e. The maximum atomic E-state index is 13.7. The predicted octanol–water partition coefficient (Wildman–Crippen LogP) is 2.97. The van der Waals surface area contributed by atoms with Crippen molar-refractivity contribution in [3.63, 3.8) is 0 Å². The number of halogens is 1. The number of aryl methyl sites for hydroxylation is 1. The first-order valence-corrected chi connectivity index (χ1v) is 5.94. The third-order valence-corrected chi connectivity index (χ3v) is 2.93. The van der Waals surface area contributed by atoms with Crippen molar-refractivity contribution in [2.24, 2.45) is 0 Å². The molecular formula is C13H13FN2O2. The molecule has 94 valence electrons. The van der Waals surface area contributed by atoms with Gasteiger partial charge in [0.05, 0.1) is 0 Å². The lowest BCUT2D eigenvalue weighted by Crippen LogP contribution is -1.99. The predicted molar refractivity (Wildman–Crippen MR) is 61.7 cm³/mol. The highest BCUT2D eigenvalue weighted by atomic mass is 19.1. The minimum Gasteiger partial charge on any atom is -0.481 e. The zero-order valence-electron chi connectivity index (χ0n) is 10.0. The van der Waals surface area contributed by atoms with Crippen LogP contribution < -0.4 is 4.74 Å². The van der Waals surface area contributed by atoms with E-state index in [1.54, 1.807) is 25.1 Å². The van der Waals surface area contributed by atoms with Crippen molar-refractivity contribution < 1.29 is 13.7 Å². The summed E-state index contributed by atoms with van der Waals surface area (Å²) in [5, 5.41) is 3.87. The Balaban J connectivity index is 1.67. The zero-order chi connectivity index (χ0) is 12.5. The maximum Gasteiger partial charge on any atom is 0.264 e. The Morgan fingerprint density at radius 2 is 2.28 bits per heavy atom. The van der Waals surface area contributed by atoms with Gasteiger partial charge in [-0.1, -0.05) is 17.3 Å². The average molecular weight is 248 g/mol. The fourth-order valence-electron chi connectivity index (χ4n) is 1.71. The van der Waals surface area contributed by atoms with Gasteiger partial charge in [0.2, 0.25) is 0 Å². The minimum absolute atomic E-state index is 0.0973. The first kappa shape index (κ1) is 11.2. The molecule has 0 amide bonds. The lowest BCUT2D eigenvalue weighted by Gasteiger charge is -2.05. The molecule has 3 rings (SSSR count). The van der Waals surface area contributed by atoms with Crippen LogP contribution in [-0.2, 0) is 6.61 Å². The van der Waals surface area contributed by atoms with Crippen LogP contribution in [0.4, 0.5) is 4.39 Å². The number of ether oxygens (including phenoxy) is 1. The van der Waals surface area contributed by atoms with Gasteiger partial charge < -0.3 is 9.26 Å². The van der Waals surface area contributed by atoms with Crippen molar-refractivity contribution in [2.45, 2.75) is 32.3 Å². The van der Waals surface area contributed by atoms with Crippen LogP contribution in [0.25, 0.3) is 0 Å². The van der Waals surface area contributed by atoms with E-state index in [1.807, 2.05) is 0 Å². The van der Waals surface area contributed by atoms with E-state index in [0.29, 0.717) is 17.4 Å². The van der Waals surface area contributed by atoms with Crippen LogP contribution in [0.1, 0.15) is 36.0 Å². The number of rotatable bonds is 4. The molecule has 0 bridgehead atoms. The van der Waals surface area contributed by atoms with Gasteiger partial charge in [0.25, 0.3) is 5.89 Å². The van der Waals surface area contributed by atoms with Gasteiger partial charge in [-0.2, -0.15) is 4.98 Å². The molecule has 1 aliphatic rings. The molecule has 5 heteroatoms. The first-order chi connectivity index (χ1) is 8.74. The third kappa shape index (κ3) is 2.20. The van der Waals surface area contributed by atoms with E-state index in [-0.39, 0.29) is 18.2 Å². The standard InChI is InChI=1S/C13H13FN2O2/c1-8-3-2-4-10(12(8)14)17-7-11-15-13(16-18-11)9-5-6-9/h2-4,9H,5-7H2,1H3. The summed E-state index contributed by atoms with van der Waals surface area (Å²) in [4.78, 5) is 4.21. The molecule has 1 fully saturated rings. The fourth-order valence-corrected chi connectivity index (χ4v) is 1.71. The molecule has 0 N–H and O–H groups in total. The lowest BCUT2D eigenvalue weighted by atomic mass is 10.2. The SMILES string of the molecule is Cc1cccc(OCc2nc(C3CC3)no2)c1F. The summed E-state index contributed by atoms with van der Waals surface area (Å²) in [5.41, 5.74) is 0.552. The molecule has 18 heavy (non-hydrogen) atoms. The third-order valence-electron chi connectivity index (χ3n) is 2.93. The summed E-state index contributed by atoms with van der Waals surface area (Å²) in [5.74, 6) is 1.43. The maximum absolute atomic E-state index is 13.7. The van der Waals surface area contributed by atoms with Gasteiger partial charge in [0, 0.05) is 5.92 Å². The molecule has 0 atom stereocenters. The molecule has 1 aliphatic carbocycles. The van der Waals surface area contributed by atoms with Crippen LogP contribution in [0.3, 0.4) is 0 Å². The Hall–Kier alpha value is -1.91. The van der Waals surface area contributed by atoms with E-state index in [2.05, 4.69) is 10.1 Å². The normalized spacial score (nSPS) is 14.8. The average Bonchev–Trinajstić information content (AvgIpc) is 3.11. The highest BCUT2D eigenvalue weighted by Crippen LogP contribution is 2.38. The van der Waals surface area contributed by atoms with Crippen LogP contribution in [0.15, 0.2) is 22.7 Å². The van der Waals surface area contributed by atoms with Gasteiger partial charge in [-0.05, 0) is 31.4 Å². The lowest BCUT2D eigenvalue weighted by molar-refractivity contribution is 0.233. The second-order valence-corrected chi connectivity index (χ2v) is 4.50. The number of nitrogens with zero attached hydrogens (tertiary/aromatic N) is 2. The van der Waals surface area contributed by atoms with E-state index in [0.717, 1.165) is 18.7 Å². The number of aromatic nitrogens is 2. The van der Waals surface area contributed by atoms with Crippen molar-refractivity contribution in [2.75, 3.05) is 0 Å². The molecule has 1 heterocycles. The van der Waals surface area contributed by atoms with Gasteiger partial charge in [-0.3, -0.25) is 0 Å². The molecule has 0 aliphatic heterocycles. The van der Waals surface area contributed by atoms with Crippen molar-refractivity contribution in [1.82, 2.24) is 10.1 Å². The molecule has 2 aromatic rings. The quantitative estimate of drug-likeness (QED) is 0.834. The molecule has 0 unspecified atom stereocenters. The Kier molecular flexibility index (Phi) is 2.74. The van der Waals surface area contributed by atoms with Gasteiger partial charge in [-0.25, -0.2) is 4.39 Å². The Morgan fingerprint density at radius 1 is 1.44 bits per heavy atom. The van der Waals surface area contributed by atoms with Gasteiger partial charge in [0.15, 0.2) is 24.0 Å². The van der Waals surface area contributed by atoms with Crippen LogP contribution in [0.5, 0.6) is 5.75 Å². The Morgan fingerprint density at radius 3 is 3.06 bits per heavy atom. The second-order valence-electron chi connectivity index (χ2n) is 4.50. The zero-order valence-corrected chi connectivity index (χ0v) is 10.0. The highest BCUT2D eigenvalue weighted by molar-refractivity contribution is 5.30. The number of benzene rings is 1. The molecule has 0 radical (unpaired) electrons. The molecule has 1 saturated carbocycles. The molecule has 1 aromatic heterocycles. The number of hydrogen-bond donors (Lipinski definition) is 0. The molecule has 0 spiro atoms. The van der Waals surface area contributed by atoms with Crippen molar-refractivity contribution >= 4 is 0 Å². The summed E-state index contributed by atoms with van der Waals surface area (Å²) in [7, 11) is 0. The van der Waals surface area contributed by atoms with Crippen LogP contribution in [0.2, 0.25) is 0 Å². The van der Waals surface area contributed by atoms with Crippen LogP contribution in [-0.4, -0.2) is 10.1 Å². The Labute approximate surface area is 104 Å². The molecule has 0 saturated heterocycles. The van der Waals surface area contributed by atoms with Gasteiger partial charge in [-0.15, -0.1) is 0 Å². The topological polar surface area (TPSA) is 48.2 Å². The van der Waals surface area contributed by atoms with Crippen molar-refractivity contribution in [1.29, 1.82) is 0 Å². The first-order valence-electron chi connectivity index (χ1n) is 5.94. The van der Waals surface area contributed by atoms with Crippen LogP contribution >= 0.6 is 0 Å². The summed E-state index contributed by atoms with van der Waals surface area (Å²) in [6.07, 6.45) is 2.23. The van der Waals surface area contributed by atoms with Gasteiger partial charge >= 0.3 is 0 Å². The molecular weight excluding hydrogens is 235 g/mol. The number of hydrogen-bond acceptors (Lipinski definition) is 4.